The van der Waals surface area contributed by atoms with Crippen LogP contribution in [0.15, 0.2) is 65.6 Å². The molecule has 0 radical (unpaired) electrons. The zero-order valence-electron chi connectivity index (χ0n) is 19.5. The third-order valence-corrected chi connectivity index (χ3v) is 6.12. The van der Waals surface area contributed by atoms with E-state index >= 15 is 0 Å². The van der Waals surface area contributed by atoms with Crippen molar-refractivity contribution in [3.63, 3.8) is 0 Å². The second-order valence-electron chi connectivity index (χ2n) is 8.51. The van der Waals surface area contributed by atoms with Gasteiger partial charge in [0.2, 0.25) is 5.91 Å². The monoisotopic (exact) mass is 445 g/mol. The van der Waals surface area contributed by atoms with Crippen LogP contribution in [-0.4, -0.2) is 45.3 Å². The number of hydrogen-bond acceptors (Lipinski definition) is 4. The smallest absolute Gasteiger partial charge is 0.291 e. The van der Waals surface area contributed by atoms with Gasteiger partial charge in [-0.05, 0) is 38.1 Å². The largest absolute Gasteiger partial charge is 0.354 e. The van der Waals surface area contributed by atoms with Crippen LogP contribution in [0, 0.1) is 0 Å². The molecule has 0 saturated heterocycles. The van der Waals surface area contributed by atoms with Crippen molar-refractivity contribution < 1.29 is 4.79 Å². The fourth-order valence-electron chi connectivity index (χ4n) is 4.45. The molecule has 1 N–H and O–H groups in total. The molecule has 2 aromatic carbocycles. The number of carbonyl (C=O) groups is 1. The second-order valence-corrected chi connectivity index (χ2v) is 8.51. The van der Waals surface area contributed by atoms with Crippen molar-refractivity contribution in [1.82, 2.24) is 24.6 Å². The Morgan fingerprint density at radius 3 is 2.58 bits per heavy atom. The maximum absolute atomic E-state index is 13.2. The molecule has 0 aliphatic heterocycles. The molecule has 0 aliphatic carbocycles. The highest BCUT2D eigenvalue weighted by atomic mass is 16.2. The fourth-order valence-corrected chi connectivity index (χ4v) is 4.45. The van der Waals surface area contributed by atoms with Crippen LogP contribution < -0.4 is 10.9 Å². The lowest BCUT2D eigenvalue weighted by atomic mass is 10.2. The minimum atomic E-state index is -0.468. The summed E-state index contributed by atoms with van der Waals surface area (Å²) in [4.78, 5) is 28.5. The highest BCUT2D eigenvalue weighted by Gasteiger charge is 2.25. The molecule has 0 unspecified atom stereocenters. The van der Waals surface area contributed by atoms with Crippen molar-refractivity contribution in [2.45, 2.75) is 32.4 Å². The number of nitrogens with zero attached hydrogens (tertiary/aromatic N) is 4. The van der Waals surface area contributed by atoms with Crippen molar-refractivity contribution in [2.75, 3.05) is 20.1 Å². The number of hydrogen-bond donors (Lipinski definition) is 1. The Balaban J connectivity index is 1.49. The van der Waals surface area contributed by atoms with E-state index in [1.54, 1.807) is 13.2 Å². The normalized spacial score (nSPS) is 12.5. The van der Waals surface area contributed by atoms with E-state index in [2.05, 4.69) is 34.5 Å². The van der Waals surface area contributed by atoms with Crippen LogP contribution in [0.4, 0.5) is 0 Å². The topological polar surface area (TPSA) is 72.2 Å². The quantitative estimate of drug-likeness (QED) is 0.401. The molecular formula is C26H31N5O2. The van der Waals surface area contributed by atoms with Crippen LogP contribution >= 0.6 is 0 Å². The van der Waals surface area contributed by atoms with Gasteiger partial charge in [-0.3, -0.25) is 9.59 Å². The number of nitrogens with one attached hydrogen (secondary N) is 1. The maximum atomic E-state index is 13.2. The van der Waals surface area contributed by atoms with Gasteiger partial charge in [-0.15, -0.1) is 0 Å². The van der Waals surface area contributed by atoms with E-state index < -0.39 is 6.04 Å². The number of para-hydroxylation sites is 1. The fraction of sp³-hybridized carbons (Fsp3) is 0.346. The van der Waals surface area contributed by atoms with Gasteiger partial charge in [-0.1, -0.05) is 55.5 Å². The molecule has 4 aromatic rings. The first-order valence-electron chi connectivity index (χ1n) is 11.5. The van der Waals surface area contributed by atoms with Crippen LogP contribution in [0.1, 0.15) is 31.4 Å². The number of aryl methyl sites for hydroxylation is 1. The first-order valence-corrected chi connectivity index (χ1v) is 11.5. The Morgan fingerprint density at radius 1 is 1.09 bits per heavy atom. The zero-order valence-corrected chi connectivity index (χ0v) is 19.5. The van der Waals surface area contributed by atoms with E-state index in [-0.39, 0.29) is 11.5 Å². The van der Waals surface area contributed by atoms with Crippen LogP contribution in [0.25, 0.3) is 21.8 Å². The van der Waals surface area contributed by atoms with Gasteiger partial charge in [0.25, 0.3) is 5.56 Å². The summed E-state index contributed by atoms with van der Waals surface area (Å²) < 4.78 is 3.22. The van der Waals surface area contributed by atoms with Crippen LogP contribution in [0.3, 0.4) is 0 Å². The summed E-state index contributed by atoms with van der Waals surface area (Å²) in [7, 11) is 3.72. The van der Waals surface area contributed by atoms with Gasteiger partial charge in [-0.25, -0.2) is 4.68 Å². The van der Waals surface area contributed by atoms with Crippen molar-refractivity contribution in [3.05, 3.63) is 76.7 Å². The molecule has 7 heteroatoms. The molecule has 0 bridgehead atoms. The Kier molecular flexibility index (Phi) is 6.89. The number of carbonyl (C=O) groups excluding carboxylic acids is 1. The van der Waals surface area contributed by atoms with Gasteiger partial charge in [0.1, 0.15) is 11.6 Å². The number of benzene rings is 2. The van der Waals surface area contributed by atoms with E-state index in [1.165, 1.54) is 10.2 Å². The van der Waals surface area contributed by atoms with Gasteiger partial charge in [0.05, 0.1) is 11.7 Å². The number of fused-ring (bicyclic) bond motifs is 3. The van der Waals surface area contributed by atoms with Crippen molar-refractivity contribution in [3.8, 4) is 0 Å². The van der Waals surface area contributed by atoms with Gasteiger partial charge >= 0.3 is 0 Å². The molecule has 2 heterocycles. The Bertz CT molecular complexity index is 1310. The molecule has 2 aromatic heterocycles. The second kappa shape index (κ2) is 10.0. The number of aromatic nitrogens is 3. The molecule has 33 heavy (non-hydrogen) atoms. The van der Waals surface area contributed by atoms with Crippen LogP contribution in [-0.2, 0) is 18.4 Å². The number of amides is 1. The molecule has 0 fully saturated rings. The average molecular weight is 446 g/mol. The minimum absolute atomic E-state index is 0.0651. The first kappa shape index (κ1) is 22.7. The van der Waals surface area contributed by atoms with E-state index in [4.69, 9.17) is 0 Å². The lowest BCUT2D eigenvalue weighted by molar-refractivity contribution is -0.124. The van der Waals surface area contributed by atoms with E-state index in [0.29, 0.717) is 18.5 Å². The molecule has 1 atom stereocenters. The molecule has 7 nitrogen and oxygen atoms in total. The summed E-state index contributed by atoms with van der Waals surface area (Å²) in [5.74, 6) is -0.0651. The zero-order chi connectivity index (χ0) is 23.4. The van der Waals surface area contributed by atoms with Crippen molar-refractivity contribution >= 4 is 27.7 Å². The summed E-state index contributed by atoms with van der Waals surface area (Å²) in [5.41, 5.74) is 2.48. The summed E-state index contributed by atoms with van der Waals surface area (Å²) in [6.45, 7) is 4.33. The standard InChI is InChI=1S/C26H31N5O2/c1-4-22(25(32)27-15-10-16-29(2)18-19-11-6-5-7-12-19)31-23-14-9-8-13-20(23)21-17-28-30(3)26(33)24(21)31/h5-9,11-14,17,22H,4,10,15-16,18H2,1-3H3,(H,27,32)/t22-/m1/s1. The number of rotatable bonds is 9. The average Bonchev–Trinajstić information content (AvgIpc) is 3.15. The van der Waals surface area contributed by atoms with Crippen molar-refractivity contribution in [1.29, 1.82) is 0 Å². The maximum Gasteiger partial charge on any atom is 0.291 e. The van der Waals surface area contributed by atoms with Gasteiger partial charge in [-0.2, -0.15) is 5.10 Å². The van der Waals surface area contributed by atoms with Crippen LogP contribution in [0.2, 0.25) is 0 Å². The van der Waals surface area contributed by atoms with Gasteiger partial charge in [0, 0.05) is 30.9 Å². The lowest BCUT2D eigenvalue weighted by Gasteiger charge is -2.20. The summed E-state index contributed by atoms with van der Waals surface area (Å²) in [6.07, 6.45) is 3.14. The predicted molar refractivity (Wildman–Crippen MR) is 132 cm³/mol. The van der Waals surface area contributed by atoms with Gasteiger partial charge in [0.15, 0.2) is 0 Å². The van der Waals surface area contributed by atoms with E-state index in [0.717, 1.165) is 35.8 Å². The third kappa shape index (κ3) is 4.68. The Morgan fingerprint density at radius 2 is 1.82 bits per heavy atom. The predicted octanol–water partition coefficient (Wildman–Crippen LogP) is 3.48. The lowest BCUT2D eigenvalue weighted by Crippen LogP contribution is -2.35. The van der Waals surface area contributed by atoms with Crippen molar-refractivity contribution in [2.24, 2.45) is 7.05 Å². The minimum Gasteiger partial charge on any atom is -0.354 e. The summed E-state index contributed by atoms with van der Waals surface area (Å²) in [6, 6.07) is 17.7. The molecule has 0 aliphatic rings. The molecule has 1 amide bonds. The molecule has 172 valence electrons. The third-order valence-electron chi connectivity index (χ3n) is 6.12. The van der Waals surface area contributed by atoms with Gasteiger partial charge < -0.3 is 14.8 Å². The summed E-state index contributed by atoms with van der Waals surface area (Å²) >= 11 is 0. The molecule has 0 spiro atoms. The highest BCUT2D eigenvalue weighted by Crippen LogP contribution is 2.30. The molecule has 0 saturated carbocycles. The van der Waals surface area contributed by atoms with E-state index in [9.17, 15) is 9.59 Å². The first-order chi connectivity index (χ1) is 16.0. The molecule has 4 rings (SSSR count). The van der Waals surface area contributed by atoms with Crippen LogP contribution in [0.5, 0.6) is 0 Å². The SMILES string of the molecule is CC[C@H](C(=O)NCCCN(C)Cc1ccccc1)n1c2ccccc2c2cnn(C)c(=O)c21. The van der Waals surface area contributed by atoms with E-state index in [1.807, 2.05) is 54.0 Å². The summed E-state index contributed by atoms with van der Waals surface area (Å²) in [5, 5.41) is 9.00. The Labute approximate surface area is 193 Å². The highest BCUT2D eigenvalue weighted by molar-refractivity contribution is 6.08. The Hall–Kier alpha value is -3.45. The molecular weight excluding hydrogens is 414 g/mol.